The van der Waals surface area contributed by atoms with Gasteiger partial charge in [0.05, 0.1) is 0 Å². The highest BCUT2D eigenvalue weighted by molar-refractivity contribution is 6.18. The number of hydrogen-bond acceptors (Lipinski definition) is 1. The lowest BCUT2D eigenvalue weighted by atomic mass is 9.96. The SMILES string of the molecule is Cc1cc(C)c(CN2CCCC(CCl)C2)c(C)c1. The zero-order valence-electron chi connectivity index (χ0n) is 11.8. The number of aryl methyl sites for hydroxylation is 3. The highest BCUT2D eigenvalue weighted by Gasteiger charge is 2.20. The van der Waals surface area contributed by atoms with Crippen molar-refractivity contribution in [2.24, 2.45) is 5.92 Å². The Morgan fingerprint density at radius 3 is 2.50 bits per heavy atom. The Morgan fingerprint density at radius 2 is 1.89 bits per heavy atom. The van der Waals surface area contributed by atoms with Crippen molar-refractivity contribution >= 4 is 11.6 Å². The number of rotatable bonds is 3. The monoisotopic (exact) mass is 265 g/mol. The molecule has 1 unspecified atom stereocenters. The molecule has 1 aliphatic rings. The van der Waals surface area contributed by atoms with E-state index in [1.807, 2.05) is 0 Å². The van der Waals surface area contributed by atoms with Crippen molar-refractivity contribution in [3.8, 4) is 0 Å². The van der Waals surface area contributed by atoms with E-state index in [1.165, 1.54) is 41.6 Å². The van der Waals surface area contributed by atoms with E-state index in [0.29, 0.717) is 5.92 Å². The Labute approximate surface area is 116 Å². The highest BCUT2D eigenvalue weighted by Crippen LogP contribution is 2.23. The lowest BCUT2D eigenvalue weighted by molar-refractivity contribution is 0.177. The van der Waals surface area contributed by atoms with Gasteiger partial charge >= 0.3 is 0 Å². The fourth-order valence-electron chi connectivity index (χ4n) is 3.10. The minimum absolute atomic E-state index is 0.687. The van der Waals surface area contributed by atoms with Gasteiger partial charge in [-0.3, -0.25) is 4.90 Å². The molecule has 1 fully saturated rings. The largest absolute Gasteiger partial charge is 0.299 e. The van der Waals surface area contributed by atoms with Crippen molar-refractivity contribution in [2.75, 3.05) is 19.0 Å². The van der Waals surface area contributed by atoms with Gasteiger partial charge in [0.15, 0.2) is 0 Å². The predicted molar refractivity (Wildman–Crippen MR) is 79.4 cm³/mol. The van der Waals surface area contributed by atoms with Crippen LogP contribution in [-0.4, -0.2) is 23.9 Å². The van der Waals surface area contributed by atoms with Crippen LogP contribution in [0.4, 0.5) is 0 Å². The third kappa shape index (κ3) is 3.27. The Balaban J connectivity index is 2.09. The molecule has 1 aliphatic heterocycles. The van der Waals surface area contributed by atoms with Gasteiger partial charge in [-0.15, -0.1) is 11.6 Å². The molecule has 1 heterocycles. The van der Waals surface area contributed by atoms with Crippen LogP contribution in [-0.2, 0) is 6.54 Å². The molecule has 2 rings (SSSR count). The molecule has 1 aromatic carbocycles. The van der Waals surface area contributed by atoms with Crippen LogP contribution in [0.25, 0.3) is 0 Å². The van der Waals surface area contributed by atoms with Crippen LogP contribution in [0.15, 0.2) is 12.1 Å². The van der Waals surface area contributed by atoms with Crippen LogP contribution >= 0.6 is 11.6 Å². The molecular formula is C16H24ClN. The van der Waals surface area contributed by atoms with E-state index in [1.54, 1.807) is 0 Å². The van der Waals surface area contributed by atoms with Crippen LogP contribution < -0.4 is 0 Å². The van der Waals surface area contributed by atoms with Gasteiger partial charge in [0.2, 0.25) is 0 Å². The van der Waals surface area contributed by atoms with Crippen LogP contribution in [0, 0.1) is 26.7 Å². The average Bonchev–Trinajstić information content (AvgIpc) is 2.34. The molecule has 18 heavy (non-hydrogen) atoms. The third-order valence-electron chi connectivity index (χ3n) is 4.04. The Hall–Kier alpha value is -0.530. The zero-order valence-corrected chi connectivity index (χ0v) is 12.6. The lowest BCUT2D eigenvalue weighted by Crippen LogP contribution is -2.35. The summed E-state index contributed by atoms with van der Waals surface area (Å²) in [6.07, 6.45) is 2.59. The van der Waals surface area contributed by atoms with Crippen LogP contribution in [0.3, 0.4) is 0 Å². The van der Waals surface area contributed by atoms with Gasteiger partial charge in [0.25, 0.3) is 0 Å². The molecule has 2 heteroatoms. The maximum absolute atomic E-state index is 6.01. The molecule has 1 nitrogen and oxygen atoms in total. The summed E-state index contributed by atoms with van der Waals surface area (Å²) >= 11 is 6.01. The van der Waals surface area contributed by atoms with Gasteiger partial charge in [0, 0.05) is 19.0 Å². The van der Waals surface area contributed by atoms with Crippen molar-refractivity contribution in [1.29, 1.82) is 0 Å². The number of nitrogens with zero attached hydrogens (tertiary/aromatic N) is 1. The van der Waals surface area contributed by atoms with E-state index >= 15 is 0 Å². The molecule has 0 spiro atoms. The number of hydrogen-bond donors (Lipinski definition) is 0. The quantitative estimate of drug-likeness (QED) is 0.745. The standard InChI is InChI=1S/C16H24ClN/c1-12-7-13(2)16(14(3)8-12)11-18-6-4-5-15(9-17)10-18/h7-8,15H,4-6,9-11H2,1-3H3. The number of alkyl halides is 1. The van der Waals surface area contributed by atoms with Crippen molar-refractivity contribution < 1.29 is 0 Å². The predicted octanol–water partition coefficient (Wildman–Crippen LogP) is 4.06. The summed E-state index contributed by atoms with van der Waals surface area (Å²) in [7, 11) is 0. The third-order valence-corrected chi connectivity index (χ3v) is 4.48. The molecule has 0 amide bonds. The minimum atomic E-state index is 0.687. The Kier molecular flexibility index (Phi) is 4.69. The first-order valence-electron chi connectivity index (χ1n) is 6.95. The first kappa shape index (κ1) is 13.9. The molecular weight excluding hydrogens is 242 g/mol. The summed E-state index contributed by atoms with van der Waals surface area (Å²) in [6, 6.07) is 4.59. The van der Waals surface area contributed by atoms with Crippen LogP contribution in [0.1, 0.15) is 35.1 Å². The number of benzene rings is 1. The maximum Gasteiger partial charge on any atom is 0.0263 e. The van der Waals surface area contributed by atoms with E-state index in [4.69, 9.17) is 11.6 Å². The summed E-state index contributed by atoms with van der Waals surface area (Å²) in [6.45, 7) is 10.1. The normalized spacial score (nSPS) is 21.2. The number of likely N-dealkylation sites (tertiary alicyclic amines) is 1. The smallest absolute Gasteiger partial charge is 0.0263 e. The van der Waals surface area contributed by atoms with Gasteiger partial charge in [-0.2, -0.15) is 0 Å². The summed E-state index contributed by atoms with van der Waals surface area (Å²) in [5.41, 5.74) is 5.74. The Bertz CT molecular complexity index is 391. The Morgan fingerprint density at radius 1 is 1.22 bits per heavy atom. The molecule has 0 aliphatic carbocycles. The first-order chi connectivity index (χ1) is 8.60. The van der Waals surface area contributed by atoms with Gasteiger partial charge < -0.3 is 0 Å². The molecule has 0 radical (unpaired) electrons. The lowest BCUT2D eigenvalue weighted by Gasteiger charge is -2.32. The summed E-state index contributed by atoms with van der Waals surface area (Å²) in [4.78, 5) is 2.57. The van der Waals surface area contributed by atoms with Gasteiger partial charge in [-0.05, 0) is 62.8 Å². The second-order valence-corrected chi connectivity index (χ2v) is 6.08. The first-order valence-corrected chi connectivity index (χ1v) is 7.48. The summed E-state index contributed by atoms with van der Waals surface area (Å²) in [5.74, 6) is 1.49. The second kappa shape index (κ2) is 6.08. The fourth-order valence-corrected chi connectivity index (χ4v) is 3.36. The van der Waals surface area contributed by atoms with Crippen LogP contribution in [0.5, 0.6) is 0 Å². The van der Waals surface area contributed by atoms with E-state index in [2.05, 4.69) is 37.8 Å². The van der Waals surface area contributed by atoms with E-state index in [9.17, 15) is 0 Å². The summed E-state index contributed by atoms with van der Waals surface area (Å²) < 4.78 is 0. The molecule has 1 aromatic rings. The molecule has 0 N–H and O–H groups in total. The van der Waals surface area contributed by atoms with E-state index in [0.717, 1.165) is 19.0 Å². The van der Waals surface area contributed by atoms with Gasteiger partial charge in [0.1, 0.15) is 0 Å². The molecule has 1 atom stereocenters. The molecule has 100 valence electrons. The van der Waals surface area contributed by atoms with Gasteiger partial charge in [-0.25, -0.2) is 0 Å². The topological polar surface area (TPSA) is 3.24 Å². The van der Waals surface area contributed by atoms with Crippen molar-refractivity contribution in [2.45, 2.75) is 40.2 Å². The van der Waals surface area contributed by atoms with E-state index in [-0.39, 0.29) is 0 Å². The highest BCUT2D eigenvalue weighted by atomic mass is 35.5. The van der Waals surface area contributed by atoms with Gasteiger partial charge in [-0.1, -0.05) is 17.7 Å². The maximum atomic E-state index is 6.01. The van der Waals surface area contributed by atoms with Crippen molar-refractivity contribution in [3.05, 3.63) is 34.4 Å². The average molecular weight is 266 g/mol. The molecule has 0 saturated carbocycles. The molecule has 0 aromatic heterocycles. The second-order valence-electron chi connectivity index (χ2n) is 5.77. The molecule has 1 saturated heterocycles. The van der Waals surface area contributed by atoms with E-state index < -0.39 is 0 Å². The van der Waals surface area contributed by atoms with Crippen LogP contribution in [0.2, 0.25) is 0 Å². The minimum Gasteiger partial charge on any atom is -0.299 e. The number of halogens is 1. The van der Waals surface area contributed by atoms with Crippen molar-refractivity contribution in [3.63, 3.8) is 0 Å². The zero-order chi connectivity index (χ0) is 13.1. The summed E-state index contributed by atoms with van der Waals surface area (Å²) in [5, 5.41) is 0. The fraction of sp³-hybridized carbons (Fsp3) is 0.625. The number of piperidine rings is 1. The molecule has 0 bridgehead atoms. The van der Waals surface area contributed by atoms with Crippen molar-refractivity contribution in [1.82, 2.24) is 4.90 Å².